The Balaban J connectivity index is 2.90. The summed E-state index contributed by atoms with van der Waals surface area (Å²) >= 11 is 0. The molecule has 0 fully saturated rings. The molecule has 0 unspecified atom stereocenters. The topological polar surface area (TPSA) is 55.5 Å². The van der Waals surface area contributed by atoms with Gasteiger partial charge < -0.3 is 15.6 Å². The van der Waals surface area contributed by atoms with Gasteiger partial charge in [0.05, 0.1) is 0 Å². The van der Waals surface area contributed by atoms with Crippen molar-refractivity contribution < 1.29 is 18.6 Å². The standard InChI is InChI=1S/C7H7F2NO2/c8-7(9)12-6-3-4(10)1-2-5(6)11/h1-3,7,11H,10H2. The maximum Gasteiger partial charge on any atom is 0.387 e. The number of hydrogen-bond acceptors (Lipinski definition) is 3. The van der Waals surface area contributed by atoms with Gasteiger partial charge in [-0.1, -0.05) is 0 Å². The number of phenolic OH excluding ortho intramolecular Hbond substituents is 1. The van der Waals surface area contributed by atoms with Gasteiger partial charge in [0, 0.05) is 11.8 Å². The summed E-state index contributed by atoms with van der Waals surface area (Å²) in [5, 5.41) is 8.97. The van der Waals surface area contributed by atoms with Crippen LogP contribution in [-0.2, 0) is 0 Å². The Morgan fingerprint density at radius 2 is 2.08 bits per heavy atom. The first kappa shape index (κ1) is 8.58. The van der Waals surface area contributed by atoms with Crippen molar-refractivity contribution in [2.24, 2.45) is 0 Å². The number of aromatic hydroxyl groups is 1. The van der Waals surface area contributed by atoms with Crippen LogP contribution in [0, 0.1) is 0 Å². The summed E-state index contributed by atoms with van der Waals surface area (Å²) in [6.45, 7) is -2.96. The minimum Gasteiger partial charge on any atom is -0.504 e. The number of alkyl halides is 2. The Morgan fingerprint density at radius 3 is 2.67 bits per heavy atom. The molecule has 1 rings (SSSR count). The fourth-order valence-electron chi connectivity index (χ4n) is 0.721. The monoisotopic (exact) mass is 175 g/mol. The molecule has 0 atom stereocenters. The second-order valence-electron chi connectivity index (χ2n) is 2.11. The molecule has 1 aromatic carbocycles. The molecule has 0 saturated carbocycles. The first-order chi connectivity index (χ1) is 5.59. The average Bonchev–Trinajstić information content (AvgIpc) is 1.96. The van der Waals surface area contributed by atoms with Crippen molar-refractivity contribution in [3.8, 4) is 11.5 Å². The molecule has 3 N–H and O–H groups in total. The maximum atomic E-state index is 11.7. The van der Waals surface area contributed by atoms with Gasteiger partial charge in [-0.25, -0.2) is 0 Å². The third-order valence-corrected chi connectivity index (χ3v) is 1.20. The van der Waals surface area contributed by atoms with E-state index in [1.807, 2.05) is 0 Å². The maximum absolute atomic E-state index is 11.7. The molecule has 0 saturated heterocycles. The summed E-state index contributed by atoms with van der Waals surface area (Å²) in [5.41, 5.74) is 5.52. The molecule has 0 aliphatic rings. The molecular weight excluding hydrogens is 168 g/mol. The largest absolute Gasteiger partial charge is 0.504 e. The van der Waals surface area contributed by atoms with Crippen LogP contribution in [0.15, 0.2) is 18.2 Å². The predicted molar refractivity (Wildman–Crippen MR) is 39.2 cm³/mol. The van der Waals surface area contributed by atoms with Gasteiger partial charge in [-0.3, -0.25) is 0 Å². The van der Waals surface area contributed by atoms with Crippen LogP contribution in [-0.4, -0.2) is 11.7 Å². The fourth-order valence-corrected chi connectivity index (χ4v) is 0.721. The van der Waals surface area contributed by atoms with Gasteiger partial charge >= 0.3 is 6.61 Å². The van der Waals surface area contributed by atoms with Crippen LogP contribution in [0.4, 0.5) is 14.5 Å². The smallest absolute Gasteiger partial charge is 0.387 e. The number of benzene rings is 1. The van der Waals surface area contributed by atoms with Crippen molar-refractivity contribution in [2.45, 2.75) is 6.61 Å². The zero-order valence-corrected chi connectivity index (χ0v) is 6.00. The third-order valence-electron chi connectivity index (χ3n) is 1.20. The Labute approximate surface area is 67.4 Å². The lowest BCUT2D eigenvalue weighted by Crippen LogP contribution is -2.02. The Morgan fingerprint density at radius 1 is 1.42 bits per heavy atom. The zero-order valence-electron chi connectivity index (χ0n) is 6.00. The molecule has 0 amide bonds. The Hall–Kier alpha value is -1.52. The number of ether oxygens (including phenoxy) is 1. The highest BCUT2D eigenvalue weighted by Gasteiger charge is 2.08. The van der Waals surface area contributed by atoms with E-state index in [4.69, 9.17) is 10.8 Å². The molecule has 0 heterocycles. The Kier molecular flexibility index (Phi) is 2.32. The summed E-state index contributed by atoms with van der Waals surface area (Å²) < 4.78 is 27.3. The number of hydrogen-bond donors (Lipinski definition) is 2. The van der Waals surface area contributed by atoms with Crippen molar-refractivity contribution >= 4 is 5.69 Å². The number of nitrogens with two attached hydrogens (primary N) is 1. The molecule has 3 nitrogen and oxygen atoms in total. The van der Waals surface area contributed by atoms with E-state index in [1.165, 1.54) is 12.1 Å². The first-order valence-electron chi connectivity index (χ1n) is 3.13. The van der Waals surface area contributed by atoms with Crippen molar-refractivity contribution in [1.82, 2.24) is 0 Å². The van der Waals surface area contributed by atoms with Gasteiger partial charge in [-0.15, -0.1) is 0 Å². The summed E-state index contributed by atoms with van der Waals surface area (Å²) in [6.07, 6.45) is 0. The van der Waals surface area contributed by atoms with E-state index in [0.29, 0.717) is 0 Å². The van der Waals surface area contributed by atoms with Gasteiger partial charge in [-0.05, 0) is 12.1 Å². The lowest BCUT2D eigenvalue weighted by molar-refractivity contribution is -0.0512. The normalized spacial score (nSPS) is 10.2. The lowest BCUT2D eigenvalue weighted by atomic mass is 10.3. The van der Waals surface area contributed by atoms with E-state index < -0.39 is 6.61 Å². The molecule has 1 aromatic rings. The van der Waals surface area contributed by atoms with Gasteiger partial charge in [0.1, 0.15) is 0 Å². The van der Waals surface area contributed by atoms with Gasteiger partial charge in [0.25, 0.3) is 0 Å². The lowest BCUT2D eigenvalue weighted by Gasteiger charge is -2.06. The molecule has 0 aliphatic heterocycles. The minimum atomic E-state index is -2.96. The van der Waals surface area contributed by atoms with E-state index in [-0.39, 0.29) is 17.2 Å². The van der Waals surface area contributed by atoms with Crippen LogP contribution in [0.2, 0.25) is 0 Å². The zero-order chi connectivity index (χ0) is 9.14. The van der Waals surface area contributed by atoms with Crippen molar-refractivity contribution in [2.75, 3.05) is 5.73 Å². The highest BCUT2D eigenvalue weighted by Crippen LogP contribution is 2.28. The Bertz CT molecular complexity index is 278. The average molecular weight is 175 g/mol. The van der Waals surface area contributed by atoms with E-state index in [2.05, 4.69) is 4.74 Å². The molecule has 0 aliphatic carbocycles. The summed E-state index contributed by atoms with van der Waals surface area (Å²) in [6, 6.07) is 3.70. The molecule has 66 valence electrons. The molecule has 0 spiro atoms. The molecule has 0 aromatic heterocycles. The SMILES string of the molecule is Nc1ccc(O)c(OC(F)F)c1. The van der Waals surface area contributed by atoms with Crippen LogP contribution in [0.3, 0.4) is 0 Å². The third kappa shape index (κ3) is 1.98. The van der Waals surface area contributed by atoms with Gasteiger partial charge in [0.2, 0.25) is 0 Å². The number of phenols is 1. The number of halogens is 2. The molecular formula is C7H7F2NO2. The van der Waals surface area contributed by atoms with Crippen LogP contribution in [0.25, 0.3) is 0 Å². The molecule has 0 bridgehead atoms. The van der Waals surface area contributed by atoms with Crippen molar-refractivity contribution in [1.29, 1.82) is 0 Å². The summed E-state index contributed by atoms with van der Waals surface area (Å²) in [7, 11) is 0. The second-order valence-corrected chi connectivity index (χ2v) is 2.11. The predicted octanol–water partition coefficient (Wildman–Crippen LogP) is 1.58. The number of anilines is 1. The van der Waals surface area contributed by atoms with Crippen molar-refractivity contribution in [3.05, 3.63) is 18.2 Å². The van der Waals surface area contributed by atoms with E-state index in [9.17, 15) is 8.78 Å². The van der Waals surface area contributed by atoms with Crippen LogP contribution in [0.1, 0.15) is 0 Å². The molecule has 5 heteroatoms. The van der Waals surface area contributed by atoms with Crippen LogP contribution in [0.5, 0.6) is 11.5 Å². The minimum absolute atomic E-state index is 0.253. The van der Waals surface area contributed by atoms with Crippen LogP contribution < -0.4 is 10.5 Å². The van der Waals surface area contributed by atoms with Crippen LogP contribution >= 0.6 is 0 Å². The molecule has 0 radical (unpaired) electrons. The van der Waals surface area contributed by atoms with Crippen molar-refractivity contribution in [3.63, 3.8) is 0 Å². The highest BCUT2D eigenvalue weighted by atomic mass is 19.3. The van der Waals surface area contributed by atoms with Gasteiger partial charge in [0.15, 0.2) is 11.5 Å². The summed E-state index contributed by atoms with van der Waals surface area (Å²) in [4.78, 5) is 0. The van der Waals surface area contributed by atoms with Gasteiger partial charge in [-0.2, -0.15) is 8.78 Å². The second kappa shape index (κ2) is 3.25. The number of nitrogen functional groups attached to an aromatic ring is 1. The van der Waals surface area contributed by atoms with E-state index in [1.54, 1.807) is 0 Å². The highest BCUT2D eigenvalue weighted by molar-refractivity contribution is 5.51. The summed E-state index contributed by atoms with van der Waals surface area (Å²) in [5.74, 6) is -0.672. The number of rotatable bonds is 2. The van der Waals surface area contributed by atoms with E-state index in [0.717, 1.165) is 6.07 Å². The van der Waals surface area contributed by atoms with E-state index >= 15 is 0 Å². The molecule has 12 heavy (non-hydrogen) atoms. The quantitative estimate of drug-likeness (QED) is 0.530. The first-order valence-corrected chi connectivity index (χ1v) is 3.13. The fraction of sp³-hybridized carbons (Fsp3) is 0.143.